The van der Waals surface area contributed by atoms with Crippen molar-refractivity contribution in [2.24, 2.45) is 5.28 Å². The summed E-state index contributed by atoms with van der Waals surface area (Å²) in [5, 5.41) is 19.8. The molecule has 14 nitrogen and oxygen atoms in total. The number of aryl methyl sites for hydroxylation is 1. The van der Waals surface area contributed by atoms with E-state index in [4.69, 9.17) is 14.3 Å². The highest BCUT2D eigenvalue weighted by molar-refractivity contribution is 7.90. The number of aromatic nitrogens is 2. The fourth-order valence-corrected chi connectivity index (χ4v) is 4.64. The van der Waals surface area contributed by atoms with Crippen molar-refractivity contribution in [3.63, 3.8) is 0 Å². The second kappa shape index (κ2) is 14.1. The average molecular weight is 671 g/mol. The van der Waals surface area contributed by atoms with Crippen LogP contribution in [0.1, 0.15) is 45.4 Å². The lowest BCUT2D eigenvalue weighted by atomic mass is 10.1. The van der Waals surface area contributed by atoms with E-state index in [1.54, 1.807) is 45.0 Å². The minimum atomic E-state index is -4.72. The van der Waals surface area contributed by atoms with Crippen molar-refractivity contribution >= 4 is 22.1 Å². The first-order valence-corrected chi connectivity index (χ1v) is 15.1. The van der Waals surface area contributed by atoms with Gasteiger partial charge < -0.3 is 14.7 Å². The lowest BCUT2D eigenvalue weighted by Crippen LogP contribution is -2.35. The van der Waals surface area contributed by atoms with E-state index in [2.05, 4.69) is 10.4 Å². The molecule has 0 fully saturated rings. The summed E-state index contributed by atoms with van der Waals surface area (Å²) in [6, 6.07) is 12.4. The maximum Gasteiger partial charge on any atom is 0.511 e. The van der Waals surface area contributed by atoms with Gasteiger partial charge in [0.1, 0.15) is 5.60 Å². The number of ether oxygens (including phenoxy) is 2. The fourth-order valence-electron chi connectivity index (χ4n) is 3.62. The van der Waals surface area contributed by atoms with Crippen molar-refractivity contribution in [1.29, 1.82) is 0 Å². The Morgan fingerprint density at radius 2 is 1.72 bits per heavy atom. The van der Waals surface area contributed by atoms with E-state index < -0.39 is 52.3 Å². The maximum absolute atomic E-state index is 13.5. The zero-order valence-electron chi connectivity index (χ0n) is 25.7. The third-order valence-corrected chi connectivity index (χ3v) is 7.25. The van der Waals surface area contributed by atoms with Gasteiger partial charge in [0.15, 0.2) is 5.69 Å². The Morgan fingerprint density at radius 1 is 1.11 bits per heavy atom. The third-order valence-electron chi connectivity index (χ3n) is 5.86. The van der Waals surface area contributed by atoms with E-state index in [1.165, 1.54) is 26.1 Å². The first-order chi connectivity index (χ1) is 21.2. The molecule has 0 radical (unpaired) electrons. The molecule has 1 aromatic heterocycles. The first-order valence-electron chi connectivity index (χ1n) is 13.6. The van der Waals surface area contributed by atoms with Gasteiger partial charge in [-0.25, -0.2) is 22.6 Å². The predicted octanol–water partition coefficient (Wildman–Crippen LogP) is 5.10. The van der Waals surface area contributed by atoms with Crippen LogP contribution < -0.4 is 4.72 Å². The van der Waals surface area contributed by atoms with Crippen molar-refractivity contribution in [2.75, 3.05) is 13.6 Å². The molecule has 3 aromatic rings. The van der Waals surface area contributed by atoms with Crippen molar-refractivity contribution < 1.29 is 50.5 Å². The normalized spacial score (nSPS) is 13.1. The summed E-state index contributed by atoms with van der Waals surface area (Å²) < 4.78 is 78.7. The number of hydrogen-bond acceptors (Lipinski definition) is 10. The lowest BCUT2D eigenvalue weighted by Gasteiger charge is -2.20. The second-order valence-electron chi connectivity index (χ2n) is 10.9. The summed E-state index contributed by atoms with van der Waals surface area (Å²) in [5.74, 6) is -0.963. The van der Waals surface area contributed by atoms with Gasteiger partial charge in [-0.05, 0) is 58.0 Å². The van der Waals surface area contributed by atoms with Crippen molar-refractivity contribution in [2.45, 2.75) is 64.0 Å². The Hall–Kier alpha value is -4.87. The standard InChI is InChI=1S/C28H33F3N6O8S/c1-18-7-9-20(10-8-18)23-17-24(28(29,30)31)32-36(23)21-11-13-22(14-12-21)46(41,42)33-25(38)15-16-35(6)37(40)34-45-19(2)43-26(39)44-27(3,4)5/h7-14,17,19H,15-16H2,1-6H3,(H,33,38)/b37-34-. The van der Waals surface area contributed by atoms with Crippen molar-refractivity contribution in [3.8, 4) is 16.9 Å². The van der Waals surface area contributed by atoms with Crippen molar-refractivity contribution in [3.05, 3.63) is 71.1 Å². The molecule has 0 saturated heterocycles. The molecule has 0 aliphatic heterocycles. The smallest absolute Gasteiger partial charge is 0.511 e. The Morgan fingerprint density at radius 3 is 2.28 bits per heavy atom. The van der Waals surface area contributed by atoms with Crippen LogP contribution in [0, 0.1) is 12.1 Å². The van der Waals surface area contributed by atoms with Gasteiger partial charge in [-0.1, -0.05) is 29.8 Å². The van der Waals surface area contributed by atoms with E-state index in [0.717, 1.165) is 33.5 Å². The summed E-state index contributed by atoms with van der Waals surface area (Å²) >= 11 is 0. The van der Waals surface area contributed by atoms with Crippen LogP contribution in [-0.4, -0.2) is 65.7 Å². The summed E-state index contributed by atoms with van der Waals surface area (Å²) in [5.41, 5.74) is -0.299. The number of benzene rings is 2. The van der Waals surface area contributed by atoms with E-state index in [9.17, 15) is 36.4 Å². The second-order valence-corrected chi connectivity index (χ2v) is 12.6. The van der Waals surface area contributed by atoms with Crippen LogP contribution in [0.5, 0.6) is 0 Å². The molecule has 0 bridgehead atoms. The zero-order chi connectivity index (χ0) is 34.4. The molecule has 250 valence electrons. The number of nitrogens with one attached hydrogen (secondary N) is 1. The van der Waals surface area contributed by atoms with E-state index in [1.807, 2.05) is 11.6 Å². The molecule has 18 heteroatoms. The maximum atomic E-state index is 13.5. The minimum absolute atomic E-state index is 0.0419. The van der Waals surface area contributed by atoms with Crippen LogP contribution in [0.15, 0.2) is 64.8 Å². The van der Waals surface area contributed by atoms with Crippen LogP contribution >= 0.6 is 0 Å². The van der Waals surface area contributed by atoms with Crippen LogP contribution in [-0.2, 0) is 35.3 Å². The summed E-state index contributed by atoms with van der Waals surface area (Å²) in [7, 11) is -3.15. The predicted molar refractivity (Wildman–Crippen MR) is 155 cm³/mol. The van der Waals surface area contributed by atoms with Gasteiger partial charge in [0.25, 0.3) is 16.3 Å². The van der Waals surface area contributed by atoms with Gasteiger partial charge in [-0.15, -0.1) is 5.01 Å². The van der Waals surface area contributed by atoms with E-state index in [-0.39, 0.29) is 27.8 Å². The lowest BCUT2D eigenvalue weighted by molar-refractivity contribution is -0.707. The minimum Gasteiger partial charge on any atom is -0.569 e. The molecule has 3 rings (SSSR count). The summed E-state index contributed by atoms with van der Waals surface area (Å²) in [6.07, 6.45) is -7.50. The molecule has 0 spiro atoms. The van der Waals surface area contributed by atoms with Crippen LogP contribution in [0.2, 0.25) is 0 Å². The van der Waals surface area contributed by atoms with Crippen LogP contribution in [0.25, 0.3) is 16.9 Å². The number of sulfonamides is 1. The molecule has 1 amide bonds. The highest BCUT2D eigenvalue weighted by Crippen LogP contribution is 2.33. The molecule has 1 N–H and O–H groups in total. The largest absolute Gasteiger partial charge is 0.569 e. The number of hydrogen-bond donors (Lipinski definition) is 1. The number of rotatable bonds is 11. The first kappa shape index (κ1) is 35.6. The molecule has 0 aliphatic carbocycles. The number of nitrogens with zero attached hydrogens (tertiary/aromatic N) is 5. The summed E-state index contributed by atoms with van der Waals surface area (Å²) in [4.78, 5) is 28.4. The zero-order valence-corrected chi connectivity index (χ0v) is 26.5. The molecular formula is C28H33F3N6O8S. The number of alkyl halides is 3. The van der Waals surface area contributed by atoms with E-state index >= 15 is 0 Å². The highest BCUT2D eigenvalue weighted by Gasteiger charge is 2.35. The highest BCUT2D eigenvalue weighted by atomic mass is 32.2. The quantitative estimate of drug-likeness (QED) is 0.0953. The van der Waals surface area contributed by atoms with Crippen LogP contribution in [0.4, 0.5) is 18.0 Å². The fraction of sp³-hybridized carbons (Fsp3) is 0.393. The number of amides is 1. The third kappa shape index (κ3) is 10.1. The Bertz CT molecular complexity index is 1670. The molecule has 1 unspecified atom stereocenters. The van der Waals surface area contributed by atoms with Gasteiger partial charge in [0.2, 0.25) is 11.2 Å². The number of halogens is 3. The number of hydrazine groups is 1. The molecule has 1 atom stereocenters. The Kier molecular flexibility index (Phi) is 10.9. The molecule has 0 saturated carbocycles. The summed E-state index contributed by atoms with van der Waals surface area (Å²) in [6.45, 7) is 7.69. The topological polar surface area (TPSA) is 167 Å². The molecule has 2 aromatic carbocycles. The molecule has 1 heterocycles. The number of carbonyl (C=O) groups is 2. The number of carbonyl (C=O) groups excluding carboxylic acids is 2. The van der Waals surface area contributed by atoms with Gasteiger partial charge in [0, 0.05) is 12.5 Å². The van der Waals surface area contributed by atoms with Gasteiger partial charge in [-0.3, -0.25) is 9.63 Å². The molecular weight excluding hydrogens is 637 g/mol. The van der Waals surface area contributed by atoms with E-state index in [0.29, 0.717) is 5.56 Å². The van der Waals surface area contributed by atoms with Crippen LogP contribution in [0.3, 0.4) is 0 Å². The Balaban J connectivity index is 1.63. The monoisotopic (exact) mass is 670 g/mol. The van der Waals surface area contributed by atoms with Gasteiger partial charge in [0.05, 0.1) is 41.3 Å². The van der Waals surface area contributed by atoms with Crippen molar-refractivity contribution in [1.82, 2.24) is 19.5 Å². The van der Waals surface area contributed by atoms with Gasteiger partial charge in [-0.2, -0.15) is 18.3 Å². The SMILES string of the molecule is Cc1ccc(-c2cc(C(F)(F)F)nn2-c2ccc(S(=O)(=O)NC(=O)CCN(C)/[N+]([O-])=N/OC(C)OC(=O)OC(C)(C)C)cc2)cc1. The Labute approximate surface area is 262 Å². The molecule has 0 aliphatic rings. The molecule has 46 heavy (non-hydrogen) atoms. The average Bonchev–Trinajstić information content (AvgIpc) is 3.40. The van der Waals surface area contributed by atoms with Gasteiger partial charge >= 0.3 is 12.3 Å².